The van der Waals surface area contributed by atoms with Gasteiger partial charge in [0.1, 0.15) is 0 Å². The number of hydrogen-bond donors (Lipinski definition) is 1. The molecule has 0 aliphatic heterocycles. The highest BCUT2D eigenvalue weighted by Gasteiger charge is 2.08. The van der Waals surface area contributed by atoms with E-state index in [9.17, 15) is 9.18 Å². The number of unbranched alkanes of at least 4 members (excludes halogenated alkanes) is 1. The van der Waals surface area contributed by atoms with Crippen molar-refractivity contribution >= 4 is 39.1 Å². The van der Waals surface area contributed by atoms with Gasteiger partial charge in [-0.1, -0.05) is 33.6 Å². The van der Waals surface area contributed by atoms with Crippen LogP contribution in [0.1, 0.15) is 19.3 Å². The molecule has 0 unspecified atom stereocenters. The van der Waals surface area contributed by atoms with Gasteiger partial charge in [0, 0.05) is 11.8 Å². The minimum atomic E-state index is -0.585. The maximum atomic E-state index is 13.4. The Morgan fingerprint density at radius 3 is 2.88 bits per heavy atom. The van der Waals surface area contributed by atoms with E-state index < -0.39 is 5.82 Å². The standard InChI is InChI=1S/C11H12BrClFNO/c12-7-2-1-6-10(16)15-9-5-3-4-8(13)11(9)14/h3-5H,1-2,6-7H2,(H,15,16). The zero-order chi connectivity index (χ0) is 12.0. The van der Waals surface area contributed by atoms with E-state index in [4.69, 9.17) is 11.6 Å². The molecule has 0 saturated carbocycles. The smallest absolute Gasteiger partial charge is 0.224 e. The molecule has 0 heterocycles. The average molecular weight is 309 g/mol. The molecule has 0 fully saturated rings. The summed E-state index contributed by atoms with van der Waals surface area (Å²) in [6.07, 6.45) is 2.09. The van der Waals surface area contributed by atoms with Crippen LogP contribution in [-0.4, -0.2) is 11.2 Å². The lowest BCUT2D eigenvalue weighted by Gasteiger charge is -2.06. The van der Waals surface area contributed by atoms with Crippen LogP contribution >= 0.6 is 27.5 Å². The second-order valence-corrected chi connectivity index (χ2v) is 4.50. The Labute approximate surface area is 107 Å². The zero-order valence-corrected chi connectivity index (χ0v) is 10.9. The summed E-state index contributed by atoms with van der Waals surface area (Å²) in [4.78, 5) is 11.4. The van der Waals surface area contributed by atoms with E-state index >= 15 is 0 Å². The molecule has 0 spiro atoms. The van der Waals surface area contributed by atoms with Crippen molar-refractivity contribution in [1.82, 2.24) is 0 Å². The van der Waals surface area contributed by atoms with Gasteiger partial charge in [0.2, 0.25) is 5.91 Å². The first kappa shape index (κ1) is 13.5. The number of rotatable bonds is 5. The van der Waals surface area contributed by atoms with Crippen LogP contribution in [0.25, 0.3) is 0 Å². The Kier molecular flexibility index (Phi) is 5.77. The predicted molar refractivity (Wildman–Crippen MR) is 67.7 cm³/mol. The summed E-state index contributed by atoms with van der Waals surface area (Å²) in [6, 6.07) is 4.53. The fourth-order valence-corrected chi connectivity index (χ4v) is 1.76. The molecular formula is C11H12BrClFNO. The number of hydrogen-bond acceptors (Lipinski definition) is 1. The van der Waals surface area contributed by atoms with Gasteiger partial charge in [0.05, 0.1) is 10.7 Å². The van der Waals surface area contributed by atoms with Crippen LogP contribution in [-0.2, 0) is 4.79 Å². The number of nitrogens with one attached hydrogen (secondary N) is 1. The minimum absolute atomic E-state index is 0.0123. The van der Waals surface area contributed by atoms with E-state index in [-0.39, 0.29) is 16.6 Å². The number of halogens is 3. The topological polar surface area (TPSA) is 29.1 Å². The lowest BCUT2D eigenvalue weighted by Crippen LogP contribution is -2.12. The molecule has 0 aliphatic carbocycles. The van der Waals surface area contributed by atoms with Gasteiger partial charge in [0.15, 0.2) is 5.82 Å². The van der Waals surface area contributed by atoms with Crippen molar-refractivity contribution in [3.05, 3.63) is 29.0 Å². The monoisotopic (exact) mass is 307 g/mol. The van der Waals surface area contributed by atoms with Crippen LogP contribution in [0, 0.1) is 5.82 Å². The molecule has 1 rings (SSSR count). The third kappa shape index (κ3) is 4.10. The van der Waals surface area contributed by atoms with E-state index in [1.165, 1.54) is 12.1 Å². The first-order valence-corrected chi connectivity index (χ1v) is 6.45. The van der Waals surface area contributed by atoms with Crippen LogP contribution in [0.5, 0.6) is 0 Å². The third-order valence-electron chi connectivity index (χ3n) is 2.01. The number of amides is 1. The van der Waals surface area contributed by atoms with Gasteiger partial charge < -0.3 is 5.32 Å². The van der Waals surface area contributed by atoms with Gasteiger partial charge in [-0.2, -0.15) is 0 Å². The summed E-state index contributed by atoms with van der Waals surface area (Å²) in [5.41, 5.74) is 0.136. The maximum Gasteiger partial charge on any atom is 0.224 e. The summed E-state index contributed by atoms with van der Waals surface area (Å²) in [5.74, 6) is -0.778. The van der Waals surface area contributed by atoms with Crippen LogP contribution in [0.15, 0.2) is 18.2 Å². The number of alkyl halides is 1. The Morgan fingerprint density at radius 1 is 1.44 bits per heavy atom. The molecule has 88 valence electrons. The Morgan fingerprint density at radius 2 is 2.19 bits per heavy atom. The van der Waals surface area contributed by atoms with E-state index in [1.54, 1.807) is 6.07 Å². The van der Waals surface area contributed by atoms with Gasteiger partial charge in [-0.05, 0) is 25.0 Å². The van der Waals surface area contributed by atoms with Crippen molar-refractivity contribution in [2.45, 2.75) is 19.3 Å². The molecule has 0 aromatic heterocycles. The molecule has 0 saturated heterocycles. The minimum Gasteiger partial charge on any atom is -0.324 e. The van der Waals surface area contributed by atoms with Crippen LogP contribution < -0.4 is 5.32 Å². The fraction of sp³-hybridized carbons (Fsp3) is 0.364. The van der Waals surface area contributed by atoms with Gasteiger partial charge in [-0.15, -0.1) is 0 Å². The van der Waals surface area contributed by atoms with Gasteiger partial charge >= 0.3 is 0 Å². The van der Waals surface area contributed by atoms with Crippen molar-refractivity contribution in [2.75, 3.05) is 10.6 Å². The largest absolute Gasteiger partial charge is 0.324 e. The molecular weight excluding hydrogens is 296 g/mol. The molecule has 0 bridgehead atoms. The highest BCUT2D eigenvalue weighted by atomic mass is 79.9. The lowest BCUT2D eigenvalue weighted by molar-refractivity contribution is -0.116. The van der Waals surface area contributed by atoms with Crippen molar-refractivity contribution in [3.63, 3.8) is 0 Å². The van der Waals surface area contributed by atoms with Crippen LogP contribution in [0.3, 0.4) is 0 Å². The Balaban J connectivity index is 2.53. The van der Waals surface area contributed by atoms with E-state index in [0.29, 0.717) is 6.42 Å². The summed E-state index contributed by atoms with van der Waals surface area (Å²) < 4.78 is 13.4. The van der Waals surface area contributed by atoms with Gasteiger partial charge in [0.25, 0.3) is 0 Å². The van der Waals surface area contributed by atoms with Gasteiger partial charge in [-0.3, -0.25) is 4.79 Å². The van der Waals surface area contributed by atoms with Crippen molar-refractivity contribution < 1.29 is 9.18 Å². The third-order valence-corrected chi connectivity index (χ3v) is 2.87. The summed E-state index contributed by atoms with van der Waals surface area (Å²) in [7, 11) is 0. The zero-order valence-electron chi connectivity index (χ0n) is 8.60. The highest BCUT2D eigenvalue weighted by molar-refractivity contribution is 9.09. The van der Waals surface area contributed by atoms with Crippen molar-refractivity contribution in [1.29, 1.82) is 0 Å². The quantitative estimate of drug-likeness (QED) is 0.647. The highest BCUT2D eigenvalue weighted by Crippen LogP contribution is 2.22. The molecule has 0 atom stereocenters. The maximum absolute atomic E-state index is 13.4. The molecule has 1 N–H and O–H groups in total. The Bertz CT molecular complexity index is 373. The molecule has 0 radical (unpaired) electrons. The molecule has 1 aromatic rings. The lowest BCUT2D eigenvalue weighted by atomic mass is 10.2. The number of carbonyl (C=O) groups is 1. The van der Waals surface area contributed by atoms with E-state index in [0.717, 1.165) is 18.2 Å². The number of anilines is 1. The number of benzene rings is 1. The average Bonchev–Trinajstić information content (AvgIpc) is 2.25. The summed E-state index contributed by atoms with van der Waals surface area (Å²) in [6.45, 7) is 0. The second kappa shape index (κ2) is 6.86. The number of carbonyl (C=O) groups excluding carboxylic acids is 1. The van der Waals surface area contributed by atoms with Crippen molar-refractivity contribution in [2.24, 2.45) is 0 Å². The second-order valence-electron chi connectivity index (χ2n) is 3.30. The molecule has 16 heavy (non-hydrogen) atoms. The SMILES string of the molecule is O=C(CCCCBr)Nc1cccc(Cl)c1F. The first-order chi connectivity index (χ1) is 7.65. The molecule has 5 heteroatoms. The molecule has 1 aromatic carbocycles. The Hall–Kier alpha value is -0.610. The molecule has 1 amide bonds. The summed E-state index contributed by atoms with van der Waals surface area (Å²) >= 11 is 8.87. The van der Waals surface area contributed by atoms with E-state index in [2.05, 4.69) is 21.2 Å². The molecule has 2 nitrogen and oxygen atoms in total. The van der Waals surface area contributed by atoms with Crippen molar-refractivity contribution in [3.8, 4) is 0 Å². The normalized spacial score (nSPS) is 10.2. The van der Waals surface area contributed by atoms with Crippen LogP contribution in [0.2, 0.25) is 5.02 Å². The van der Waals surface area contributed by atoms with Gasteiger partial charge in [-0.25, -0.2) is 4.39 Å². The predicted octanol–water partition coefficient (Wildman–Crippen LogP) is 3.98. The van der Waals surface area contributed by atoms with Crippen LogP contribution in [0.4, 0.5) is 10.1 Å². The fourth-order valence-electron chi connectivity index (χ4n) is 1.19. The first-order valence-electron chi connectivity index (χ1n) is 4.95. The van der Waals surface area contributed by atoms with E-state index in [1.807, 2.05) is 0 Å². The summed E-state index contributed by atoms with van der Waals surface area (Å²) in [5, 5.41) is 3.38. The molecule has 0 aliphatic rings.